The van der Waals surface area contributed by atoms with Crippen LogP contribution in [0, 0.1) is 5.95 Å². The molecule has 3 aromatic heterocycles. The highest BCUT2D eigenvalue weighted by Gasteiger charge is 2.47. The molecule has 3 aromatic rings. The second kappa shape index (κ2) is 8.64. The molecule has 4 N–H and O–H groups in total. The number of nitrogens with zero attached hydrogens (tertiary/aromatic N) is 5. The molecule has 1 fully saturated rings. The largest absolute Gasteiger partial charge is 0.427 e. The number of aromatic nitrogens is 5. The number of hydrogen-bond donors (Lipinski definition) is 4. The van der Waals surface area contributed by atoms with Crippen molar-refractivity contribution in [3.8, 4) is 0 Å². The summed E-state index contributed by atoms with van der Waals surface area (Å²) in [6, 6.07) is 4.50. The van der Waals surface area contributed by atoms with Gasteiger partial charge in [-0.05, 0) is 56.7 Å². The average Bonchev–Trinajstić information content (AvgIpc) is 3.58. The zero-order valence-electron chi connectivity index (χ0n) is 19.1. The van der Waals surface area contributed by atoms with Crippen LogP contribution in [0.1, 0.15) is 61.8 Å². The maximum absolute atomic E-state index is 13.5. The number of rotatable bonds is 5. The Morgan fingerprint density at radius 1 is 1.32 bits per heavy atom. The smallest absolute Gasteiger partial charge is 0.252 e. The number of H-pyrrole nitrogens is 1. The Morgan fingerprint density at radius 2 is 2.18 bits per heavy atom. The lowest BCUT2D eigenvalue weighted by Gasteiger charge is -2.29. The molecular formula is C23H27FN8O2. The first-order valence-electron chi connectivity index (χ1n) is 11.5. The first-order valence-corrected chi connectivity index (χ1v) is 11.5. The summed E-state index contributed by atoms with van der Waals surface area (Å²) >= 11 is 0. The molecule has 1 saturated heterocycles. The number of pyridine rings is 1. The first kappa shape index (κ1) is 22.2. The minimum Gasteiger partial charge on any atom is -0.427 e. The molecule has 0 aromatic carbocycles. The molecule has 11 heteroatoms. The second-order valence-electron chi connectivity index (χ2n) is 9.06. The van der Waals surface area contributed by atoms with Gasteiger partial charge in [-0.3, -0.25) is 15.2 Å². The number of fused-ring (bicyclic) bond motifs is 1. The Kier molecular flexibility index (Phi) is 5.64. The summed E-state index contributed by atoms with van der Waals surface area (Å²) in [5.74, 6) is -0.0830. The van der Waals surface area contributed by atoms with Crippen LogP contribution in [0.3, 0.4) is 0 Å². The van der Waals surface area contributed by atoms with Crippen LogP contribution in [0.25, 0.3) is 0 Å². The number of carbonyl (C=O) groups is 1. The molecule has 5 rings (SSSR count). The van der Waals surface area contributed by atoms with Crippen molar-refractivity contribution in [2.24, 2.45) is 4.99 Å². The molecule has 0 radical (unpaired) electrons. The molecule has 1 aliphatic heterocycles. The molecule has 0 saturated carbocycles. The van der Waals surface area contributed by atoms with Gasteiger partial charge in [0, 0.05) is 17.3 Å². The van der Waals surface area contributed by atoms with E-state index in [-0.39, 0.29) is 11.7 Å². The third-order valence-electron chi connectivity index (χ3n) is 6.46. The SMILES string of the molecule is CC(C)c1cc(N=c2nc(C3(C(=O)Nc4ccc(F)nc4)CCCN3)n(O)c3c2CCC3)n[nH]1. The van der Waals surface area contributed by atoms with Crippen LogP contribution in [0.15, 0.2) is 29.4 Å². The van der Waals surface area contributed by atoms with Crippen molar-refractivity contribution in [3.63, 3.8) is 0 Å². The highest BCUT2D eigenvalue weighted by atomic mass is 19.1. The topological polar surface area (TPSA) is 133 Å². The molecule has 1 amide bonds. The van der Waals surface area contributed by atoms with E-state index in [4.69, 9.17) is 4.98 Å². The van der Waals surface area contributed by atoms with Gasteiger partial charge in [0.05, 0.1) is 17.6 Å². The van der Waals surface area contributed by atoms with E-state index in [9.17, 15) is 14.4 Å². The van der Waals surface area contributed by atoms with Crippen LogP contribution >= 0.6 is 0 Å². The minimum atomic E-state index is -1.28. The van der Waals surface area contributed by atoms with Crippen molar-refractivity contribution in [3.05, 3.63) is 58.6 Å². The van der Waals surface area contributed by atoms with Crippen LogP contribution in [-0.4, -0.2) is 42.6 Å². The molecule has 2 aliphatic rings. The van der Waals surface area contributed by atoms with Gasteiger partial charge >= 0.3 is 0 Å². The first-order chi connectivity index (χ1) is 16.4. The number of amides is 1. The molecule has 0 spiro atoms. The molecule has 1 atom stereocenters. The molecular weight excluding hydrogens is 439 g/mol. The van der Waals surface area contributed by atoms with Crippen molar-refractivity contribution in [2.75, 3.05) is 11.9 Å². The lowest BCUT2D eigenvalue weighted by atomic mass is 9.94. The monoisotopic (exact) mass is 466 g/mol. The average molecular weight is 467 g/mol. The summed E-state index contributed by atoms with van der Waals surface area (Å²) in [4.78, 5) is 26.5. The number of aromatic amines is 1. The Morgan fingerprint density at radius 3 is 2.85 bits per heavy atom. The quantitative estimate of drug-likeness (QED) is 0.337. The van der Waals surface area contributed by atoms with Gasteiger partial charge in [-0.15, -0.1) is 0 Å². The van der Waals surface area contributed by atoms with Crippen LogP contribution < -0.4 is 16.1 Å². The van der Waals surface area contributed by atoms with Crippen LogP contribution in [0.2, 0.25) is 0 Å². The maximum atomic E-state index is 13.5. The lowest BCUT2D eigenvalue weighted by molar-refractivity contribution is -0.123. The summed E-state index contributed by atoms with van der Waals surface area (Å²) in [7, 11) is 0. The van der Waals surface area contributed by atoms with E-state index < -0.39 is 17.4 Å². The maximum Gasteiger partial charge on any atom is 0.252 e. The highest BCUT2D eigenvalue weighted by molar-refractivity contribution is 5.98. The van der Waals surface area contributed by atoms with E-state index in [1.54, 1.807) is 0 Å². The van der Waals surface area contributed by atoms with Crippen molar-refractivity contribution in [2.45, 2.75) is 57.4 Å². The Hall–Kier alpha value is -3.60. The predicted octanol–water partition coefficient (Wildman–Crippen LogP) is 2.44. The van der Waals surface area contributed by atoms with Gasteiger partial charge in [0.25, 0.3) is 5.91 Å². The standard InChI is InChI=1S/C23H27FN8O2/c1-13(2)16-11-19(31-30-16)28-20-15-5-3-6-17(15)32(34)21(29-20)23(9-4-10-26-23)22(33)27-14-7-8-18(24)25-12-14/h7-8,11-13,26,34H,3-6,9-10H2,1-2H3,(H,27,33)(H,30,31). The summed E-state index contributed by atoms with van der Waals surface area (Å²) < 4.78 is 14.3. The zero-order chi connectivity index (χ0) is 23.9. The molecule has 178 valence electrons. The zero-order valence-corrected chi connectivity index (χ0v) is 19.1. The van der Waals surface area contributed by atoms with Gasteiger partial charge in [0.2, 0.25) is 5.95 Å². The number of carbonyl (C=O) groups excluding carboxylic acids is 1. The predicted molar refractivity (Wildman–Crippen MR) is 121 cm³/mol. The normalized spacial score (nSPS) is 20.2. The third-order valence-corrected chi connectivity index (χ3v) is 6.46. The third kappa shape index (κ3) is 3.85. The lowest BCUT2D eigenvalue weighted by Crippen LogP contribution is -2.51. The van der Waals surface area contributed by atoms with Gasteiger partial charge in [-0.2, -0.15) is 14.2 Å². The van der Waals surface area contributed by atoms with Crippen LogP contribution in [0.5, 0.6) is 0 Å². The van der Waals surface area contributed by atoms with Gasteiger partial charge < -0.3 is 10.5 Å². The van der Waals surface area contributed by atoms with E-state index in [1.807, 2.05) is 6.07 Å². The summed E-state index contributed by atoms with van der Waals surface area (Å²) in [6.45, 7) is 4.71. The van der Waals surface area contributed by atoms with Gasteiger partial charge in [0.1, 0.15) is 0 Å². The number of hydrogen-bond acceptors (Lipinski definition) is 7. The van der Waals surface area contributed by atoms with E-state index in [0.29, 0.717) is 42.1 Å². The van der Waals surface area contributed by atoms with Crippen molar-refractivity contribution in [1.82, 2.24) is 30.2 Å². The summed E-state index contributed by atoms with van der Waals surface area (Å²) in [5.41, 5.74) is 2.06. The van der Waals surface area contributed by atoms with Crippen molar-refractivity contribution in [1.29, 1.82) is 0 Å². The Balaban J connectivity index is 1.61. The highest BCUT2D eigenvalue weighted by Crippen LogP contribution is 2.32. The fraction of sp³-hybridized carbons (Fsp3) is 0.435. The molecule has 10 nitrogen and oxygen atoms in total. The molecule has 4 heterocycles. The van der Waals surface area contributed by atoms with E-state index in [1.165, 1.54) is 18.3 Å². The van der Waals surface area contributed by atoms with E-state index >= 15 is 0 Å². The molecule has 1 unspecified atom stereocenters. The van der Waals surface area contributed by atoms with Gasteiger partial charge in [-0.1, -0.05) is 13.8 Å². The fourth-order valence-corrected chi connectivity index (χ4v) is 4.62. The van der Waals surface area contributed by atoms with Gasteiger partial charge in [0.15, 0.2) is 22.7 Å². The second-order valence-corrected chi connectivity index (χ2v) is 9.06. The van der Waals surface area contributed by atoms with Crippen molar-refractivity contribution < 1.29 is 14.4 Å². The molecule has 1 aliphatic carbocycles. The van der Waals surface area contributed by atoms with Crippen LogP contribution in [-0.2, 0) is 23.2 Å². The Bertz CT molecular complexity index is 1290. The number of halogens is 1. The van der Waals surface area contributed by atoms with E-state index in [2.05, 4.69) is 44.7 Å². The fourth-order valence-electron chi connectivity index (χ4n) is 4.62. The van der Waals surface area contributed by atoms with Crippen LogP contribution in [0.4, 0.5) is 15.9 Å². The van der Waals surface area contributed by atoms with Crippen molar-refractivity contribution >= 4 is 17.4 Å². The number of anilines is 1. The Labute approximate surface area is 195 Å². The molecule has 34 heavy (non-hydrogen) atoms. The summed E-state index contributed by atoms with van der Waals surface area (Å²) in [6.07, 6.45) is 4.65. The molecule has 0 bridgehead atoms. The number of nitrogens with one attached hydrogen (secondary N) is 3. The van der Waals surface area contributed by atoms with Gasteiger partial charge in [-0.25, -0.2) is 15.0 Å². The summed E-state index contributed by atoms with van der Waals surface area (Å²) in [5, 5.41) is 24.5. The van der Waals surface area contributed by atoms with E-state index in [0.717, 1.165) is 35.3 Å². The minimum absolute atomic E-state index is 0.177.